The van der Waals surface area contributed by atoms with Gasteiger partial charge in [0.25, 0.3) is 0 Å². The van der Waals surface area contributed by atoms with E-state index in [2.05, 4.69) is 143 Å². The van der Waals surface area contributed by atoms with Crippen molar-refractivity contribution in [3.8, 4) is 5.69 Å². The maximum Gasteiger partial charge on any atom is 0.159 e. The highest BCUT2D eigenvalue weighted by atomic mass is 15.2. The molecule has 1 aromatic heterocycles. The lowest BCUT2D eigenvalue weighted by Crippen LogP contribution is -2.33. The highest BCUT2D eigenvalue weighted by Gasteiger charge is 2.23. The molecular weight excluding hydrogens is 548 g/mol. The van der Waals surface area contributed by atoms with E-state index in [0.717, 1.165) is 33.6 Å². The van der Waals surface area contributed by atoms with E-state index < -0.39 is 0 Å². The van der Waals surface area contributed by atoms with Crippen LogP contribution in [0.5, 0.6) is 0 Å². The first-order chi connectivity index (χ1) is 22.3. The largest absolute Gasteiger partial charge is 0.344 e. The minimum absolute atomic E-state index is 0.261. The monoisotopic (exact) mass is 576 g/mol. The van der Waals surface area contributed by atoms with Gasteiger partial charge in [0.05, 0.1) is 16.7 Å². The fourth-order valence-corrected chi connectivity index (χ4v) is 6.65. The minimum atomic E-state index is -0.261. The average Bonchev–Trinajstić information content (AvgIpc) is 3.43. The van der Waals surface area contributed by atoms with Crippen LogP contribution >= 0.6 is 0 Å². The van der Waals surface area contributed by atoms with E-state index in [0.29, 0.717) is 5.84 Å². The van der Waals surface area contributed by atoms with Crippen molar-refractivity contribution in [1.29, 1.82) is 0 Å². The molecule has 9 rings (SSSR count). The lowest BCUT2D eigenvalue weighted by Gasteiger charge is -2.24. The second-order valence-electron chi connectivity index (χ2n) is 11.5. The van der Waals surface area contributed by atoms with Crippen LogP contribution in [-0.4, -0.2) is 16.2 Å². The molecular formula is C41H28N4. The van der Waals surface area contributed by atoms with Gasteiger partial charge in [-0.05, 0) is 52.1 Å². The molecule has 2 heterocycles. The van der Waals surface area contributed by atoms with Crippen LogP contribution in [0.2, 0.25) is 0 Å². The van der Waals surface area contributed by atoms with Crippen LogP contribution in [0.3, 0.4) is 0 Å². The molecule has 0 spiro atoms. The van der Waals surface area contributed by atoms with Gasteiger partial charge in [0.2, 0.25) is 0 Å². The van der Waals surface area contributed by atoms with Gasteiger partial charge in [-0.2, -0.15) is 0 Å². The van der Waals surface area contributed by atoms with Crippen molar-refractivity contribution in [1.82, 2.24) is 9.88 Å². The number of amidine groups is 2. The van der Waals surface area contributed by atoms with Crippen LogP contribution in [0.15, 0.2) is 168 Å². The summed E-state index contributed by atoms with van der Waals surface area (Å²) in [7, 11) is 0. The van der Waals surface area contributed by atoms with Gasteiger partial charge in [-0.15, -0.1) is 0 Å². The summed E-state index contributed by atoms with van der Waals surface area (Å²) in [5.74, 6) is 1.52. The van der Waals surface area contributed by atoms with E-state index in [1.54, 1.807) is 0 Å². The molecule has 0 saturated heterocycles. The van der Waals surface area contributed by atoms with Crippen molar-refractivity contribution < 1.29 is 0 Å². The van der Waals surface area contributed by atoms with E-state index in [1.807, 2.05) is 24.3 Å². The Hall–Kier alpha value is -6.00. The lowest BCUT2D eigenvalue weighted by atomic mass is 10.0. The quantitative estimate of drug-likeness (QED) is 0.223. The fraction of sp³-hybridized carbons (Fsp3) is 0.0244. The lowest BCUT2D eigenvalue weighted by molar-refractivity contribution is 0.674. The SMILES string of the molecule is c1ccc(C2=NC(c3cc(-n4c5ccccc5c5cc6ccccc6cc54)c4ccccc4c3)=NC(c3ccccc3)N2)cc1. The molecule has 1 aliphatic heterocycles. The highest BCUT2D eigenvalue weighted by molar-refractivity contribution is 6.17. The molecule has 45 heavy (non-hydrogen) atoms. The Kier molecular flexibility index (Phi) is 5.85. The first-order valence-corrected chi connectivity index (χ1v) is 15.3. The average molecular weight is 577 g/mol. The topological polar surface area (TPSA) is 41.7 Å². The van der Waals surface area contributed by atoms with Crippen molar-refractivity contribution in [2.75, 3.05) is 0 Å². The van der Waals surface area contributed by atoms with Crippen molar-refractivity contribution in [3.05, 3.63) is 174 Å². The van der Waals surface area contributed by atoms with Gasteiger partial charge in [0.15, 0.2) is 5.84 Å². The number of rotatable bonds is 4. The number of hydrogen-bond acceptors (Lipinski definition) is 3. The van der Waals surface area contributed by atoms with Crippen LogP contribution in [0.4, 0.5) is 0 Å². The van der Waals surface area contributed by atoms with Crippen molar-refractivity contribution in [3.63, 3.8) is 0 Å². The van der Waals surface area contributed by atoms with Crippen LogP contribution in [0, 0.1) is 0 Å². The number of benzene rings is 7. The number of fused-ring (bicyclic) bond motifs is 5. The molecule has 8 aromatic rings. The standard InChI is InChI=1S/C41H28N4/c1-3-13-27(14-4-1)39-42-40(28-15-5-2-6-16-28)44-41(43-39)32-23-31-19-9-10-20-33(31)37(26-32)45-36-22-12-11-21-34(36)35-24-29-17-7-8-18-30(29)25-38(35)45/h1-26,39H,(H,42,43,44). The molecule has 0 radical (unpaired) electrons. The summed E-state index contributed by atoms with van der Waals surface area (Å²) in [6.45, 7) is 0. The van der Waals surface area contributed by atoms with Gasteiger partial charge in [-0.3, -0.25) is 0 Å². The third-order valence-corrected chi connectivity index (χ3v) is 8.78. The maximum atomic E-state index is 5.20. The Bertz CT molecular complexity index is 2450. The third kappa shape index (κ3) is 4.30. The number of nitrogens with one attached hydrogen (secondary N) is 1. The molecule has 1 N–H and O–H groups in total. The Morgan fingerprint density at radius 2 is 1.13 bits per heavy atom. The predicted molar refractivity (Wildman–Crippen MR) is 188 cm³/mol. The zero-order valence-corrected chi connectivity index (χ0v) is 24.4. The van der Waals surface area contributed by atoms with Gasteiger partial charge < -0.3 is 9.88 Å². The first kappa shape index (κ1) is 25.5. The smallest absolute Gasteiger partial charge is 0.159 e. The van der Waals surface area contributed by atoms with Crippen LogP contribution in [-0.2, 0) is 0 Å². The Labute approximate surface area is 260 Å². The summed E-state index contributed by atoms with van der Waals surface area (Å²) in [5.41, 5.74) is 6.56. The fourth-order valence-electron chi connectivity index (χ4n) is 6.65. The summed E-state index contributed by atoms with van der Waals surface area (Å²) >= 11 is 0. The number of para-hydroxylation sites is 1. The van der Waals surface area contributed by atoms with Gasteiger partial charge in [0, 0.05) is 27.3 Å². The van der Waals surface area contributed by atoms with Gasteiger partial charge in [0.1, 0.15) is 12.0 Å². The first-order valence-electron chi connectivity index (χ1n) is 15.3. The Morgan fingerprint density at radius 1 is 0.489 bits per heavy atom. The second kappa shape index (κ2) is 10.3. The van der Waals surface area contributed by atoms with E-state index in [9.17, 15) is 0 Å². The van der Waals surface area contributed by atoms with Gasteiger partial charge >= 0.3 is 0 Å². The minimum Gasteiger partial charge on any atom is -0.344 e. The number of aliphatic imine (C=N–C) groups is 2. The number of nitrogens with zero attached hydrogens (tertiary/aromatic N) is 3. The molecule has 1 unspecified atom stereocenters. The summed E-state index contributed by atoms with van der Waals surface area (Å²) in [5, 5.41) is 10.9. The zero-order chi connectivity index (χ0) is 29.7. The maximum absolute atomic E-state index is 5.20. The molecule has 1 atom stereocenters. The molecule has 0 fully saturated rings. The third-order valence-electron chi connectivity index (χ3n) is 8.78. The molecule has 4 heteroatoms. The predicted octanol–water partition coefficient (Wildman–Crippen LogP) is 9.59. The van der Waals surface area contributed by atoms with E-state index in [1.165, 1.54) is 38.0 Å². The summed E-state index contributed by atoms with van der Waals surface area (Å²) < 4.78 is 2.42. The molecule has 212 valence electrons. The van der Waals surface area contributed by atoms with Gasteiger partial charge in [-0.1, -0.05) is 127 Å². The zero-order valence-electron chi connectivity index (χ0n) is 24.4. The van der Waals surface area contributed by atoms with E-state index >= 15 is 0 Å². The van der Waals surface area contributed by atoms with Crippen molar-refractivity contribution in [2.24, 2.45) is 9.98 Å². The Morgan fingerprint density at radius 3 is 1.93 bits per heavy atom. The van der Waals surface area contributed by atoms with Crippen molar-refractivity contribution in [2.45, 2.75) is 6.17 Å². The van der Waals surface area contributed by atoms with Crippen LogP contribution in [0.25, 0.3) is 49.0 Å². The van der Waals surface area contributed by atoms with Crippen LogP contribution in [0.1, 0.15) is 22.9 Å². The summed E-state index contributed by atoms with van der Waals surface area (Å²) in [6, 6.07) is 55.7. The van der Waals surface area contributed by atoms with E-state index in [-0.39, 0.29) is 6.17 Å². The molecule has 0 saturated carbocycles. The molecule has 1 aliphatic rings. The molecule has 4 nitrogen and oxygen atoms in total. The van der Waals surface area contributed by atoms with Crippen LogP contribution < -0.4 is 5.32 Å². The van der Waals surface area contributed by atoms with Gasteiger partial charge in [-0.25, -0.2) is 9.98 Å². The molecule has 0 bridgehead atoms. The molecule has 0 amide bonds. The second-order valence-corrected chi connectivity index (χ2v) is 11.5. The molecule has 0 aliphatic carbocycles. The summed E-state index contributed by atoms with van der Waals surface area (Å²) in [4.78, 5) is 10.3. The highest BCUT2D eigenvalue weighted by Crippen LogP contribution is 2.37. The normalized spacial score (nSPS) is 14.9. The number of aromatic nitrogens is 1. The van der Waals surface area contributed by atoms with E-state index in [4.69, 9.17) is 9.98 Å². The Balaban J connectivity index is 1.32. The number of hydrogen-bond donors (Lipinski definition) is 1. The summed E-state index contributed by atoms with van der Waals surface area (Å²) in [6.07, 6.45) is -0.261. The molecule has 7 aromatic carbocycles. The van der Waals surface area contributed by atoms with Crippen molar-refractivity contribution >= 4 is 55.0 Å².